The molecule has 1 atom stereocenters. The van der Waals surface area contributed by atoms with Crippen LogP contribution in [0.5, 0.6) is 11.5 Å². The second kappa shape index (κ2) is 6.78. The molecule has 19 heavy (non-hydrogen) atoms. The van der Waals surface area contributed by atoms with Crippen LogP contribution in [0.4, 0.5) is 0 Å². The van der Waals surface area contributed by atoms with E-state index in [0.717, 1.165) is 30.2 Å². The van der Waals surface area contributed by atoms with E-state index in [4.69, 9.17) is 9.47 Å². The van der Waals surface area contributed by atoms with Crippen molar-refractivity contribution in [3.63, 3.8) is 0 Å². The van der Waals surface area contributed by atoms with E-state index in [0.29, 0.717) is 6.04 Å². The molecule has 1 fully saturated rings. The Morgan fingerprint density at radius 3 is 2.84 bits per heavy atom. The largest absolute Gasteiger partial charge is 0.493 e. The average molecular weight is 264 g/mol. The van der Waals surface area contributed by atoms with E-state index in [1.54, 1.807) is 14.2 Å². The molecule has 1 aliphatic heterocycles. The molecule has 1 heterocycles. The van der Waals surface area contributed by atoms with Gasteiger partial charge < -0.3 is 19.7 Å². The van der Waals surface area contributed by atoms with Gasteiger partial charge in [-0.3, -0.25) is 0 Å². The van der Waals surface area contributed by atoms with Gasteiger partial charge in [-0.15, -0.1) is 0 Å². The zero-order valence-electron chi connectivity index (χ0n) is 12.1. The van der Waals surface area contributed by atoms with Gasteiger partial charge in [-0.2, -0.15) is 0 Å². The monoisotopic (exact) mass is 264 g/mol. The number of benzene rings is 1. The van der Waals surface area contributed by atoms with Crippen molar-refractivity contribution in [2.75, 3.05) is 34.4 Å². The van der Waals surface area contributed by atoms with Gasteiger partial charge in [0.1, 0.15) is 0 Å². The number of ether oxygens (including phenoxy) is 2. The maximum atomic E-state index is 5.45. The van der Waals surface area contributed by atoms with E-state index in [9.17, 15) is 0 Å². The summed E-state index contributed by atoms with van der Waals surface area (Å²) in [7, 11) is 5.54. The second-order valence-electron chi connectivity index (χ2n) is 5.13. The third-order valence-electron chi connectivity index (χ3n) is 3.69. The molecule has 4 heteroatoms. The van der Waals surface area contributed by atoms with Crippen molar-refractivity contribution in [2.24, 2.45) is 0 Å². The molecule has 0 aliphatic carbocycles. The van der Waals surface area contributed by atoms with Gasteiger partial charge in [0.2, 0.25) is 0 Å². The molecule has 1 saturated heterocycles. The fraction of sp³-hybridized carbons (Fsp3) is 0.600. The molecule has 1 aromatic rings. The summed E-state index contributed by atoms with van der Waals surface area (Å²) in [6.45, 7) is 3.14. The van der Waals surface area contributed by atoms with Gasteiger partial charge in [-0.05, 0) is 32.5 Å². The molecule has 0 saturated carbocycles. The van der Waals surface area contributed by atoms with Crippen LogP contribution < -0.4 is 14.8 Å². The standard InChI is InChI=1S/C15H24N2O2/c1-17-9-5-7-13(11-17)16-10-12-6-4-8-14(18-2)15(12)19-3/h4,6,8,13,16H,5,7,9-11H2,1-3H3. The summed E-state index contributed by atoms with van der Waals surface area (Å²) in [5.41, 5.74) is 1.15. The molecule has 0 bridgehead atoms. The van der Waals surface area contributed by atoms with Gasteiger partial charge in [-0.25, -0.2) is 0 Å². The van der Waals surface area contributed by atoms with Crippen molar-refractivity contribution in [1.82, 2.24) is 10.2 Å². The Balaban J connectivity index is 1.99. The van der Waals surface area contributed by atoms with Crippen LogP contribution in [0.15, 0.2) is 18.2 Å². The third kappa shape index (κ3) is 3.61. The molecule has 0 radical (unpaired) electrons. The molecule has 1 unspecified atom stereocenters. The topological polar surface area (TPSA) is 33.7 Å². The molecule has 2 rings (SSSR count). The molecule has 1 aliphatic rings. The van der Waals surface area contributed by atoms with E-state index >= 15 is 0 Å². The van der Waals surface area contributed by atoms with E-state index in [-0.39, 0.29) is 0 Å². The molecule has 0 spiro atoms. The number of para-hydroxylation sites is 1. The van der Waals surface area contributed by atoms with Crippen molar-refractivity contribution < 1.29 is 9.47 Å². The number of nitrogens with zero attached hydrogens (tertiary/aromatic N) is 1. The highest BCUT2D eigenvalue weighted by Gasteiger charge is 2.17. The van der Waals surface area contributed by atoms with Crippen molar-refractivity contribution in [3.8, 4) is 11.5 Å². The summed E-state index contributed by atoms with van der Waals surface area (Å²) < 4.78 is 10.8. The number of methoxy groups -OCH3 is 2. The van der Waals surface area contributed by atoms with Crippen LogP contribution >= 0.6 is 0 Å². The predicted molar refractivity (Wildman–Crippen MR) is 76.9 cm³/mol. The molecular formula is C15H24N2O2. The molecule has 4 nitrogen and oxygen atoms in total. The minimum Gasteiger partial charge on any atom is -0.493 e. The highest BCUT2D eigenvalue weighted by molar-refractivity contribution is 5.46. The Kier molecular flexibility index (Phi) is 5.05. The normalized spacial score (nSPS) is 20.3. The number of likely N-dealkylation sites (tertiary alicyclic amines) is 1. The molecule has 0 aromatic heterocycles. The van der Waals surface area contributed by atoms with Crippen molar-refractivity contribution in [1.29, 1.82) is 0 Å². The highest BCUT2D eigenvalue weighted by atomic mass is 16.5. The Labute approximate surface area is 115 Å². The van der Waals surface area contributed by atoms with E-state index < -0.39 is 0 Å². The van der Waals surface area contributed by atoms with Gasteiger partial charge in [0.25, 0.3) is 0 Å². The number of rotatable bonds is 5. The lowest BCUT2D eigenvalue weighted by molar-refractivity contribution is 0.226. The smallest absolute Gasteiger partial charge is 0.165 e. The summed E-state index contributed by atoms with van der Waals surface area (Å²) in [6, 6.07) is 6.58. The van der Waals surface area contributed by atoms with Crippen LogP contribution in [0.25, 0.3) is 0 Å². The summed E-state index contributed by atoms with van der Waals surface area (Å²) in [6.07, 6.45) is 2.51. The van der Waals surface area contributed by atoms with Gasteiger partial charge in [0.05, 0.1) is 14.2 Å². The first-order valence-corrected chi connectivity index (χ1v) is 6.86. The number of hydrogen-bond donors (Lipinski definition) is 1. The molecule has 1 N–H and O–H groups in total. The Bertz CT molecular complexity index is 409. The number of piperidine rings is 1. The summed E-state index contributed by atoms with van der Waals surface area (Å²) in [5.74, 6) is 1.63. The first kappa shape index (κ1) is 14.2. The van der Waals surface area contributed by atoms with Gasteiger partial charge in [-0.1, -0.05) is 12.1 Å². The van der Waals surface area contributed by atoms with Gasteiger partial charge in [0.15, 0.2) is 11.5 Å². The number of likely N-dealkylation sites (N-methyl/N-ethyl adjacent to an activating group) is 1. The molecule has 106 valence electrons. The average Bonchev–Trinajstić information content (AvgIpc) is 2.44. The van der Waals surface area contributed by atoms with Gasteiger partial charge in [0, 0.05) is 24.7 Å². The first-order chi connectivity index (χ1) is 9.24. The molecule has 1 aromatic carbocycles. The van der Waals surface area contributed by atoms with Crippen LogP contribution in [-0.4, -0.2) is 45.3 Å². The number of hydrogen-bond acceptors (Lipinski definition) is 4. The van der Waals surface area contributed by atoms with E-state index in [1.807, 2.05) is 12.1 Å². The Hall–Kier alpha value is -1.26. The van der Waals surface area contributed by atoms with Crippen LogP contribution in [0.3, 0.4) is 0 Å². The quantitative estimate of drug-likeness (QED) is 0.880. The number of nitrogens with one attached hydrogen (secondary N) is 1. The van der Waals surface area contributed by atoms with Crippen LogP contribution in [0.1, 0.15) is 18.4 Å². The van der Waals surface area contributed by atoms with Crippen molar-refractivity contribution in [2.45, 2.75) is 25.4 Å². The SMILES string of the molecule is COc1cccc(CNC2CCCN(C)C2)c1OC. The van der Waals surface area contributed by atoms with Crippen LogP contribution in [0, 0.1) is 0 Å². The summed E-state index contributed by atoms with van der Waals surface area (Å²) >= 11 is 0. The zero-order chi connectivity index (χ0) is 13.7. The third-order valence-corrected chi connectivity index (χ3v) is 3.69. The van der Waals surface area contributed by atoms with E-state index in [2.05, 4.69) is 23.3 Å². The van der Waals surface area contributed by atoms with Crippen LogP contribution in [0.2, 0.25) is 0 Å². The molecular weight excluding hydrogens is 240 g/mol. The predicted octanol–water partition coefficient (Wildman–Crippen LogP) is 1.89. The lowest BCUT2D eigenvalue weighted by Gasteiger charge is -2.30. The van der Waals surface area contributed by atoms with Crippen molar-refractivity contribution in [3.05, 3.63) is 23.8 Å². The Morgan fingerprint density at radius 2 is 2.16 bits per heavy atom. The highest BCUT2D eigenvalue weighted by Crippen LogP contribution is 2.30. The fourth-order valence-corrected chi connectivity index (χ4v) is 2.68. The summed E-state index contributed by atoms with van der Waals surface area (Å²) in [5, 5.41) is 3.62. The fourth-order valence-electron chi connectivity index (χ4n) is 2.68. The Morgan fingerprint density at radius 1 is 1.32 bits per heavy atom. The lowest BCUT2D eigenvalue weighted by Crippen LogP contribution is -2.43. The second-order valence-corrected chi connectivity index (χ2v) is 5.13. The maximum Gasteiger partial charge on any atom is 0.165 e. The van der Waals surface area contributed by atoms with Gasteiger partial charge >= 0.3 is 0 Å². The minimum absolute atomic E-state index is 0.564. The summed E-state index contributed by atoms with van der Waals surface area (Å²) in [4.78, 5) is 2.38. The lowest BCUT2D eigenvalue weighted by atomic mass is 10.1. The van der Waals surface area contributed by atoms with E-state index in [1.165, 1.54) is 19.4 Å². The van der Waals surface area contributed by atoms with Crippen molar-refractivity contribution >= 4 is 0 Å². The van der Waals surface area contributed by atoms with Crippen LogP contribution in [-0.2, 0) is 6.54 Å². The zero-order valence-corrected chi connectivity index (χ0v) is 12.1. The minimum atomic E-state index is 0.564. The molecule has 0 amide bonds. The maximum absolute atomic E-state index is 5.45. The first-order valence-electron chi connectivity index (χ1n) is 6.86.